The molecule has 0 fully saturated rings. The molecule has 0 aliphatic heterocycles. The van der Waals surface area contributed by atoms with E-state index in [0.717, 1.165) is 30.2 Å². The van der Waals surface area contributed by atoms with Gasteiger partial charge in [0.2, 0.25) is 0 Å². The number of hydrogen-bond donors (Lipinski definition) is 3. The number of aliphatic hydroxyl groups is 2. The molecule has 6 nitrogen and oxygen atoms in total. The predicted octanol–water partition coefficient (Wildman–Crippen LogP) is 6.93. The molecule has 3 N–H and O–H groups in total. The van der Waals surface area contributed by atoms with Gasteiger partial charge in [-0.25, -0.2) is 4.57 Å². The van der Waals surface area contributed by atoms with Crippen LogP contribution in [0.5, 0.6) is 0 Å². The zero-order chi connectivity index (χ0) is 33.1. The number of benzene rings is 2. The second-order valence-corrected chi connectivity index (χ2v) is 13.8. The molecule has 0 saturated carbocycles. The molecule has 0 atom stereocenters. The maximum absolute atomic E-state index is 9.10. The Balaban J connectivity index is 1.37. The van der Waals surface area contributed by atoms with Crippen molar-refractivity contribution in [1.29, 1.82) is 0 Å². The van der Waals surface area contributed by atoms with Crippen molar-refractivity contribution < 1.29 is 14.8 Å². The number of rotatable bonds is 19. The van der Waals surface area contributed by atoms with Gasteiger partial charge in [-0.15, -0.1) is 0 Å². The van der Waals surface area contributed by atoms with Gasteiger partial charge < -0.3 is 25.3 Å². The zero-order valence-electron chi connectivity index (χ0n) is 28.0. The summed E-state index contributed by atoms with van der Waals surface area (Å²) in [5.41, 5.74) is 9.58. The number of nitrogens with one attached hydrogen (secondary N) is 1. The van der Waals surface area contributed by atoms with E-state index in [1.165, 1.54) is 39.2 Å². The van der Waals surface area contributed by atoms with Crippen LogP contribution in [0.1, 0.15) is 37.5 Å². The monoisotopic (exact) mass is 659 g/mol. The van der Waals surface area contributed by atoms with E-state index in [2.05, 4.69) is 122 Å². The lowest BCUT2D eigenvalue weighted by molar-refractivity contribution is -0.698. The van der Waals surface area contributed by atoms with E-state index in [-0.39, 0.29) is 13.2 Å². The van der Waals surface area contributed by atoms with Crippen LogP contribution in [0.15, 0.2) is 103 Å². The summed E-state index contributed by atoms with van der Waals surface area (Å²) in [4.78, 5) is 4.63. The molecule has 0 aliphatic carbocycles. The molecule has 2 aromatic carbocycles. The van der Waals surface area contributed by atoms with Crippen LogP contribution in [0.4, 0.5) is 11.4 Å². The van der Waals surface area contributed by atoms with E-state index in [9.17, 15) is 0 Å². The largest absolute Gasteiger partial charge is 0.395 e. The Kier molecular flexibility index (Phi) is 16.6. The summed E-state index contributed by atoms with van der Waals surface area (Å²) in [6.45, 7) is 9.73. The molecule has 46 heavy (non-hydrogen) atoms. The molecule has 246 valence electrons. The third-order valence-corrected chi connectivity index (χ3v) is 10.0. The topological polar surface area (TPSA) is 62.9 Å². The van der Waals surface area contributed by atoms with Crippen LogP contribution in [-0.4, -0.2) is 68.7 Å². The Morgan fingerprint density at radius 3 is 1.83 bits per heavy atom. The molecule has 0 amide bonds. The third-order valence-electron chi connectivity index (χ3n) is 7.65. The highest BCUT2D eigenvalue weighted by molar-refractivity contribution is 8.76. The summed E-state index contributed by atoms with van der Waals surface area (Å²) in [5.74, 6) is 2.13. The first-order chi connectivity index (χ1) is 22.3. The van der Waals surface area contributed by atoms with E-state index in [1.54, 1.807) is 0 Å². The summed E-state index contributed by atoms with van der Waals surface area (Å²) in [6, 6.07) is 21.7. The minimum absolute atomic E-state index is 0.125. The minimum atomic E-state index is 0.125. The lowest BCUT2D eigenvalue weighted by Crippen LogP contribution is -2.34. The second-order valence-electron chi connectivity index (χ2n) is 11.1. The van der Waals surface area contributed by atoms with Crippen molar-refractivity contribution in [3.63, 3.8) is 0 Å². The standard InChI is InChI=1S/C38H51N4O2S2/c1-6-35(15-18-39-19-25-43)31(2)29-33-7-11-37(12-8-33)40(4)23-27-45-46-28-24-41(5)38-13-9-34(10-14-38)30-32(3)36-16-20-42(21-17-36)22-26-44/h6-18,20-21,29-30,39,43-44H,19,22-28H2,1-5H3/q+1/b18-15-,31-29+,35-6+. The first kappa shape index (κ1) is 37.0. The lowest BCUT2D eigenvalue weighted by atomic mass is 10.0. The Morgan fingerprint density at radius 2 is 1.33 bits per heavy atom. The van der Waals surface area contributed by atoms with Crippen molar-refractivity contribution in [2.24, 2.45) is 0 Å². The van der Waals surface area contributed by atoms with E-state index >= 15 is 0 Å². The maximum Gasteiger partial charge on any atom is 0.171 e. The van der Waals surface area contributed by atoms with Crippen LogP contribution in [-0.2, 0) is 6.54 Å². The van der Waals surface area contributed by atoms with Gasteiger partial charge >= 0.3 is 0 Å². The number of allylic oxidation sites excluding steroid dienone is 5. The van der Waals surface area contributed by atoms with Crippen LogP contribution in [0.2, 0.25) is 0 Å². The smallest absolute Gasteiger partial charge is 0.171 e. The number of pyridine rings is 1. The van der Waals surface area contributed by atoms with Gasteiger partial charge in [0.05, 0.1) is 6.61 Å². The molecule has 3 aromatic rings. The van der Waals surface area contributed by atoms with E-state index < -0.39 is 0 Å². The van der Waals surface area contributed by atoms with Crippen molar-refractivity contribution in [1.82, 2.24) is 5.32 Å². The molecule has 1 aromatic heterocycles. The van der Waals surface area contributed by atoms with E-state index in [4.69, 9.17) is 10.2 Å². The van der Waals surface area contributed by atoms with Gasteiger partial charge in [0.1, 0.15) is 6.61 Å². The molecule has 0 aliphatic rings. The van der Waals surface area contributed by atoms with Crippen molar-refractivity contribution in [2.45, 2.75) is 27.3 Å². The molecule has 3 rings (SSSR count). The average Bonchev–Trinajstić information content (AvgIpc) is 3.07. The molecule has 0 bridgehead atoms. The molecule has 1 heterocycles. The average molecular weight is 660 g/mol. The first-order valence-electron chi connectivity index (χ1n) is 15.9. The molecular weight excluding hydrogens is 609 g/mol. The van der Waals surface area contributed by atoms with Crippen LogP contribution in [0.3, 0.4) is 0 Å². The quantitative estimate of drug-likeness (QED) is 0.0559. The SMILES string of the molecule is C/C=C(\C=C/NCCO)C(/C)=C/c1ccc(N(C)CCSSCCN(C)c2ccc(/C=C(\C)c3cc[n+](CCO)cc3)cc2)cc1. The Hall–Kier alpha value is -3.43. The van der Waals surface area contributed by atoms with Gasteiger partial charge in [0.15, 0.2) is 18.9 Å². The summed E-state index contributed by atoms with van der Waals surface area (Å²) < 4.78 is 1.99. The van der Waals surface area contributed by atoms with E-state index in [1.807, 2.05) is 57.7 Å². The Labute approximate surface area is 284 Å². The Morgan fingerprint density at radius 1 is 0.783 bits per heavy atom. The van der Waals surface area contributed by atoms with E-state index in [0.29, 0.717) is 13.1 Å². The highest BCUT2D eigenvalue weighted by Gasteiger charge is 2.05. The number of anilines is 2. The van der Waals surface area contributed by atoms with Crippen LogP contribution < -0.4 is 19.7 Å². The lowest BCUT2D eigenvalue weighted by Gasteiger charge is -2.20. The molecule has 0 saturated heterocycles. The molecule has 0 radical (unpaired) electrons. The summed E-state index contributed by atoms with van der Waals surface area (Å²) in [7, 11) is 8.19. The van der Waals surface area contributed by atoms with Gasteiger partial charge in [0.25, 0.3) is 0 Å². The van der Waals surface area contributed by atoms with Gasteiger partial charge in [-0.3, -0.25) is 0 Å². The normalized spacial score (nSPS) is 12.5. The van der Waals surface area contributed by atoms with Crippen LogP contribution in [0.25, 0.3) is 17.7 Å². The molecule has 0 unspecified atom stereocenters. The fraction of sp³-hybridized carbons (Fsp3) is 0.342. The van der Waals surface area contributed by atoms with Crippen LogP contribution in [0, 0.1) is 0 Å². The number of nitrogens with zero attached hydrogens (tertiary/aromatic N) is 3. The summed E-state index contributed by atoms with van der Waals surface area (Å²) >= 11 is 0. The Bertz CT molecular complexity index is 1430. The fourth-order valence-electron chi connectivity index (χ4n) is 4.78. The zero-order valence-corrected chi connectivity index (χ0v) is 29.7. The number of hydrogen-bond acceptors (Lipinski definition) is 7. The minimum Gasteiger partial charge on any atom is -0.395 e. The summed E-state index contributed by atoms with van der Waals surface area (Å²) in [6.07, 6.45) is 14.5. The second kappa shape index (κ2) is 20.6. The molecular formula is C38H51N4O2S2+. The highest BCUT2D eigenvalue weighted by Crippen LogP contribution is 2.25. The van der Waals surface area contributed by atoms with Crippen LogP contribution >= 0.6 is 21.6 Å². The number of aliphatic hydroxyl groups excluding tert-OH is 2. The summed E-state index contributed by atoms with van der Waals surface area (Å²) in [5, 5.41) is 21.1. The highest BCUT2D eigenvalue weighted by atomic mass is 33.1. The van der Waals surface area contributed by atoms with Gasteiger partial charge in [0, 0.05) is 68.7 Å². The van der Waals surface area contributed by atoms with Gasteiger partial charge in [-0.05, 0) is 90.7 Å². The van der Waals surface area contributed by atoms with Crippen molar-refractivity contribution >= 4 is 50.7 Å². The van der Waals surface area contributed by atoms with Crippen molar-refractivity contribution in [3.05, 3.63) is 119 Å². The van der Waals surface area contributed by atoms with Gasteiger partial charge in [-0.2, -0.15) is 0 Å². The predicted molar refractivity (Wildman–Crippen MR) is 203 cm³/mol. The molecule has 8 heteroatoms. The maximum atomic E-state index is 9.10. The van der Waals surface area contributed by atoms with Crippen molar-refractivity contribution in [2.75, 3.05) is 68.2 Å². The molecule has 0 spiro atoms. The van der Waals surface area contributed by atoms with Crippen molar-refractivity contribution in [3.8, 4) is 0 Å². The third kappa shape index (κ3) is 12.8. The first-order valence-corrected chi connectivity index (χ1v) is 18.3. The van der Waals surface area contributed by atoms with Gasteiger partial charge in [-0.1, -0.05) is 64.1 Å². The fourth-order valence-corrected chi connectivity index (χ4v) is 6.86. The number of aromatic nitrogens is 1.